The van der Waals surface area contributed by atoms with Crippen molar-refractivity contribution in [1.82, 2.24) is 0 Å². The van der Waals surface area contributed by atoms with Crippen molar-refractivity contribution >= 4 is 92.3 Å². The van der Waals surface area contributed by atoms with Gasteiger partial charge in [0.2, 0.25) is 0 Å². The van der Waals surface area contributed by atoms with E-state index < -0.39 is 0 Å². The second-order valence-electron chi connectivity index (χ2n) is 10.1. The van der Waals surface area contributed by atoms with Crippen LogP contribution in [-0.2, 0) is 0 Å². The second-order valence-corrected chi connectivity index (χ2v) is 12.8. The first-order valence-corrected chi connectivity index (χ1v) is 16.0. The fourth-order valence-corrected chi connectivity index (χ4v) is 6.28. The third kappa shape index (κ3) is 6.50. The van der Waals surface area contributed by atoms with Gasteiger partial charge in [0.05, 0.1) is 0 Å². The monoisotopic (exact) mass is 616 g/mol. The molecule has 42 heavy (non-hydrogen) atoms. The first kappa shape index (κ1) is 28.7. The molecular weight excluding hydrogens is 584 g/mol. The quantitative estimate of drug-likeness (QED) is 0.167. The van der Waals surface area contributed by atoms with Crippen molar-refractivity contribution in [3.63, 3.8) is 0 Å². The molecule has 0 saturated heterocycles. The van der Waals surface area contributed by atoms with Crippen molar-refractivity contribution in [3.8, 4) is 11.1 Å². The summed E-state index contributed by atoms with van der Waals surface area (Å²) in [5.74, 6) is 0. The van der Waals surface area contributed by atoms with Crippen LogP contribution in [0.15, 0.2) is 146 Å². The minimum Gasteiger partial charge on any atom is -0.310 e. The van der Waals surface area contributed by atoms with Crippen molar-refractivity contribution in [2.75, 3.05) is 9.80 Å². The molecule has 0 aromatic heterocycles. The van der Waals surface area contributed by atoms with Gasteiger partial charge in [-0.3, -0.25) is 0 Å². The normalized spacial score (nSPS) is 10.9. The molecule has 0 heterocycles. The maximum absolute atomic E-state index is 2.81. The van der Waals surface area contributed by atoms with Crippen molar-refractivity contribution in [2.24, 2.45) is 0 Å². The zero-order valence-corrected chi connectivity index (χ0v) is 27.7. The first-order valence-electron chi connectivity index (χ1n) is 13.7. The van der Waals surface area contributed by atoms with E-state index in [-0.39, 0.29) is 0 Å². The summed E-state index contributed by atoms with van der Waals surface area (Å²) in [5.41, 5.74) is 9.08. The highest BCUT2D eigenvalue weighted by molar-refractivity contribution is 7.28. The summed E-state index contributed by atoms with van der Waals surface area (Å²) in [6.07, 6.45) is 0. The fourth-order valence-electron chi connectivity index (χ4n) is 5.16. The molecule has 6 aromatic rings. The van der Waals surface area contributed by atoms with Crippen LogP contribution in [0.2, 0.25) is 0 Å². The van der Waals surface area contributed by atoms with Gasteiger partial charge >= 0.3 is 0 Å². The lowest BCUT2D eigenvalue weighted by molar-refractivity contribution is 1.29. The smallest absolute Gasteiger partial charge is 0.0467 e. The van der Waals surface area contributed by atoms with E-state index in [1.807, 2.05) is 0 Å². The molecule has 4 atom stereocenters. The van der Waals surface area contributed by atoms with Crippen LogP contribution in [-0.4, -0.2) is 0 Å². The van der Waals surface area contributed by atoms with Crippen LogP contribution in [0.5, 0.6) is 0 Å². The molecule has 4 unspecified atom stereocenters. The summed E-state index contributed by atoms with van der Waals surface area (Å²) in [6, 6.07) is 51.8. The molecule has 2 nitrogen and oxygen atoms in total. The molecule has 0 spiro atoms. The average Bonchev–Trinajstić information content (AvgIpc) is 2.99. The number of nitrogens with zero attached hydrogens (tertiary/aromatic N) is 2. The summed E-state index contributed by atoms with van der Waals surface area (Å²) in [5, 5.41) is 4.61. The summed E-state index contributed by atoms with van der Waals surface area (Å²) in [4.78, 5) is 4.60. The van der Waals surface area contributed by atoms with Crippen LogP contribution in [0.1, 0.15) is 0 Å². The molecule has 0 aliphatic heterocycles. The van der Waals surface area contributed by atoms with E-state index in [0.717, 1.165) is 55.3 Å². The standard InChI is InChI=1S/C36H32N2P4/c39-33-9-1-5-29(21-33)37(30-6-2-10-34(40)22-30)27-17-13-25(14-18-27)26-15-19-28(20-16-26)38(31-7-3-11-35(41)23-31)32-8-4-12-36(42)24-32/h1-24H,39-42H2. The van der Waals surface area contributed by atoms with Crippen LogP contribution in [0.3, 0.4) is 0 Å². The third-order valence-electron chi connectivity index (χ3n) is 7.10. The Hall–Kier alpha value is -3.36. The van der Waals surface area contributed by atoms with E-state index in [2.05, 4.69) is 192 Å². The maximum Gasteiger partial charge on any atom is 0.0467 e. The predicted molar refractivity (Wildman–Crippen MR) is 199 cm³/mol. The van der Waals surface area contributed by atoms with Crippen LogP contribution < -0.4 is 31.0 Å². The van der Waals surface area contributed by atoms with Crippen molar-refractivity contribution in [1.29, 1.82) is 0 Å². The highest BCUT2D eigenvalue weighted by Crippen LogP contribution is 2.37. The SMILES string of the molecule is Pc1cccc(N(c2ccc(-c3ccc(N(c4cccc(P)c4)c4cccc(P)c4)cc3)cc2)c2cccc(P)c2)c1. The van der Waals surface area contributed by atoms with Gasteiger partial charge in [-0.2, -0.15) is 0 Å². The van der Waals surface area contributed by atoms with Gasteiger partial charge in [-0.15, -0.1) is 37.0 Å². The Morgan fingerprint density at radius 2 is 0.548 bits per heavy atom. The topological polar surface area (TPSA) is 6.48 Å². The molecule has 0 amide bonds. The van der Waals surface area contributed by atoms with Gasteiger partial charge in [-0.1, -0.05) is 72.8 Å². The van der Waals surface area contributed by atoms with Gasteiger partial charge in [0.15, 0.2) is 0 Å². The van der Waals surface area contributed by atoms with Gasteiger partial charge in [-0.25, -0.2) is 0 Å². The molecule has 6 rings (SSSR count). The molecule has 206 valence electrons. The van der Waals surface area contributed by atoms with E-state index in [4.69, 9.17) is 0 Å². The lowest BCUT2D eigenvalue weighted by atomic mass is 10.0. The number of anilines is 6. The average molecular weight is 617 g/mol. The molecule has 0 N–H and O–H groups in total. The van der Waals surface area contributed by atoms with Gasteiger partial charge in [-0.05, 0) is 105 Å². The molecule has 0 fully saturated rings. The second kappa shape index (κ2) is 12.9. The number of hydrogen-bond acceptors (Lipinski definition) is 2. The summed E-state index contributed by atoms with van der Waals surface area (Å²) >= 11 is 0. The molecule has 0 aliphatic carbocycles. The Bertz CT molecular complexity index is 1610. The molecule has 6 heteroatoms. The molecule has 0 bridgehead atoms. The molecular formula is C36H32N2P4. The van der Waals surface area contributed by atoms with Crippen LogP contribution in [0.25, 0.3) is 11.1 Å². The highest BCUT2D eigenvalue weighted by atomic mass is 31.0. The van der Waals surface area contributed by atoms with Gasteiger partial charge < -0.3 is 9.80 Å². The predicted octanol–water partition coefficient (Wildman–Crippen LogP) is 8.29. The Balaban J connectivity index is 1.33. The Morgan fingerprint density at radius 3 is 0.786 bits per heavy atom. The minimum absolute atomic E-state index is 1.11. The lowest BCUT2D eigenvalue weighted by Crippen LogP contribution is -2.12. The van der Waals surface area contributed by atoms with Crippen molar-refractivity contribution < 1.29 is 0 Å². The maximum atomic E-state index is 2.81. The summed E-state index contributed by atoms with van der Waals surface area (Å²) < 4.78 is 0. The Kier molecular flexibility index (Phi) is 8.81. The Morgan fingerprint density at radius 1 is 0.286 bits per heavy atom. The van der Waals surface area contributed by atoms with E-state index in [0.29, 0.717) is 0 Å². The molecule has 6 aromatic carbocycles. The zero-order valence-electron chi connectivity index (χ0n) is 23.1. The fraction of sp³-hybridized carbons (Fsp3) is 0. The Labute approximate surface area is 258 Å². The lowest BCUT2D eigenvalue weighted by Gasteiger charge is -2.27. The number of hydrogen-bond donors (Lipinski definition) is 0. The molecule has 0 saturated carbocycles. The van der Waals surface area contributed by atoms with Crippen molar-refractivity contribution in [2.45, 2.75) is 0 Å². The van der Waals surface area contributed by atoms with Gasteiger partial charge in [0.1, 0.15) is 0 Å². The van der Waals surface area contributed by atoms with Gasteiger partial charge in [0.25, 0.3) is 0 Å². The first-order chi connectivity index (χ1) is 20.4. The van der Waals surface area contributed by atoms with Crippen LogP contribution in [0, 0.1) is 0 Å². The zero-order chi connectivity index (χ0) is 29.1. The summed E-state index contributed by atoms with van der Waals surface area (Å²) in [6.45, 7) is 0. The highest BCUT2D eigenvalue weighted by Gasteiger charge is 2.15. The van der Waals surface area contributed by atoms with E-state index in [1.54, 1.807) is 0 Å². The number of benzene rings is 6. The minimum atomic E-state index is 1.11. The third-order valence-corrected chi connectivity index (χ3v) is 8.53. The van der Waals surface area contributed by atoms with Crippen LogP contribution in [0.4, 0.5) is 34.1 Å². The van der Waals surface area contributed by atoms with Gasteiger partial charge in [0, 0.05) is 34.1 Å². The van der Waals surface area contributed by atoms with Crippen LogP contribution >= 0.6 is 37.0 Å². The molecule has 0 aliphatic rings. The summed E-state index contributed by atoms with van der Waals surface area (Å²) in [7, 11) is 11.2. The van der Waals surface area contributed by atoms with E-state index in [9.17, 15) is 0 Å². The van der Waals surface area contributed by atoms with E-state index >= 15 is 0 Å². The van der Waals surface area contributed by atoms with E-state index in [1.165, 1.54) is 11.1 Å². The number of rotatable bonds is 7. The largest absolute Gasteiger partial charge is 0.310 e. The van der Waals surface area contributed by atoms with Crippen molar-refractivity contribution in [3.05, 3.63) is 146 Å². The molecule has 0 radical (unpaired) electrons.